The third-order valence-electron chi connectivity index (χ3n) is 3.61. The van der Waals surface area contributed by atoms with E-state index in [0.717, 1.165) is 0 Å². The number of rotatable bonds is 6. The quantitative estimate of drug-likeness (QED) is 0.671. The van der Waals surface area contributed by atoms with Gasteiger partial charge in [-0.25, -0.2) is 0 Å². The molecule has 1 aromatic carbocycles. The molecule has 116 valence electrons. The Labute approximate surface area is 124 Å². The van der Waals surface area contributed by atoms with Gasteiger partial charge in [0.15, 0.2) is 0 Å². The molecule has 1 aliphatic rings. The van der Waals surface area contributed by atoms with Crippen LogP contribution >= 0.6 is 0 Å². The lowest BCUT2D eigenvalue weighted by Crippen LogP contribution is -2.54. The molecule has 0 saturated carbocycles. The SMILES string of the molecule is Nc1cccc(OCCC(=O)NC2(CO)CCOCC2)c1. The summed E-state index contributed by atoms with van der Waals surface area (Å²) in [5, 5.41) is 12.4. The van der Waals surface area contributed by atoms with Crippen LogP contribution in [-0.4, -0.2) is 43.0 Å². The predicted octanol–water partition coefficient (Wildman–Crippen LogP) is 0.695. The van der Waals surface area contributed by atoms with Gasteiger partial charge in [-0.3, -0.25) is 4.79 Å². The van der Waals surface area contributed by atoms with E-state index in [-0.39, 0.29) is 25.5 Å². The molecule has 0 atom stereocenters. The Balaban J connectivity index is 1.76. The van der Waals surface area contributed by atoms with E-state index >= 15 is 0 Å². The highest BCUT2D eigenvalue weighted by Crippen LogP contribution is 2.20. The number of hydrogen-bond acceptors (Lipinski definition) is 5. The summed E-state index contributed by atoms with van der Waals surface area (Å²) >= 11 is 0. The summed E-state index contributed by atoms with van der Waals surface area (Å²) in [5.41, 5.74) is 5.72. The van der Waals surface area contributed by atoms with Crippen molar-refractivity contribution < 1.29 is 19.4 Å². The fraction of sp³-hybridized carbons (Fsp3) is 0.533. The Kier molecular flexibility index (Phi) is 5.41. The third kappa shape index (κ3) is 4.61. The van der Waals surface area contributed by atoms with Crippen LogP contribution < -0.4 is 15.8 Å². The van der Waals surface area contributed by atoms with E-state index in [4.69, 9.17) is 15.2 Å². The third-order valence-corrected chi connectivity index (χ3v) is 3.61. The molecule has 1 aliphatic heterocycles. The van der Waals surface area contributed by atoms with Gasteiger partial charge in [0.25, 0.3) is 0 Å². The van der Waals surface area contributed by atoms with Gasteiger partial charge >= 0.3 is 0 Å². The Morgan fingerprint density at radius 1 is 1.43 bits per heavy atom. The van der Waals surface area contributed by atoms with Crippen LogP contribution in [0.4, 0.5) is 5.69 Å². The van der Waals surface area contributed by atoms with Crippen LogP contribution in [0.15, 0.2) is 24.3 Å². The number of hydrogen-bond donors (Lipinski definition) is 3. The highest BCUT2D eigenvalue weighted by Gasteiger charge is 2.33. The molecule has 1 aromatic rings. The summed E-state index contributed by atoms with van der Waals surface area (Å²) in [6, 6.07) is 7.08. The van der Waals surface area contributed by atoms with Crippen LogP contribution in [0, 0.1) is 0 Å². The lowest BCUT2D eigenvalue weighted by Gasteiger charge is -2.36. The number of aliphatic hydroxyl groups is 1. The van der Waals surface area contributed by atoms with Crippen LogP contribution in [0.5, 0.6) is 5.75 Å². The molecule has 0 aliphatic carbocycles. The van der Waals surface area contributed by atoms with E-state index in [2.05, 4.69) is 5.32 Å². The van der Waals surface area contributed by atoms with Gasteiger partial charge in [-0.05, 0) is 25.0 Å². The Morgan fingerprint density at radius 2 is 2.19 bits per heavy atom. The molecule has 4 N–H and O–H groups in total. The van der Waals surface area contributed by atoms with E-state index in [1.165, 1.54) is 0 Å². The van der Waals surface area contributed by atoms with Crippen molar-refractivity contribution in [3.05, 3.63) is 24.3 Å². The number of amides is 1. The maximum Gasteiger partial charge on any atom is 0.223 e. The number of benzene rings is 1. The van der Waals surface area contributed by atoms with Crippen molar-refractivity contribution in [2.45, 2.75) is 24.8 Å². The summed E-state index contributed by atoms with van der Waals surface area (Å²) in [4.78, 5) is 12.0. The first-order valence-corrected chi connectivity index (χ1v) is 7.11. The first kappa shape index (κ1) is 15.6. The second kappa shape index (κ2) is 7.28. The Morgan fingerprint density at radius 3 is 2.86 bits per heavy atom. The van der Waals surface area contributed by atoms with Crippen LogP contribution in [-0.2, 0) is 9.53 Å². The number of ether oxygens (including phenoxy) is 2. The van der Waals surface area contributed by atoms with Gasteiger partial charge in [0.2, 0.25) is 5.91 Å². The van der Waals surface area contributed by atoms with Gasteiger partial charge in [-0.2, -0.15) is 0 Å². The van der Waals surface area contributed by atoms with E-state index in [1.807, 2.05) is 0 Å². The molecule has 2 rings (SSSR count). The molecule has 1 fully saturated rings. The molecule has 1 heterocycles. The van der Waals surface area contributed by atoms with E-state index < -0.39 is 5.54 Å². The van der Waals surface area contributed by atoms with Crippen molar-refractivity contribution in [1.29, 1.82) is 0 Å². The second-order valence-corrected chi connectivity index (χ2v) is 5.27. The highest BCUT2D eigenvalue weighted by molar-refractivity contribution is 5.77. The molecule has 6 nitrogen and oxygen atoms in total. The molecule has 21 heavy (non-hydrogen) atoms. The number of aliphatic hydroxyl groups excluding tert-OH is 1. The largest absolute Gasteiger partial charge is 0.493 e. The average Bonchev–Trinajstić information content (AvgIpc) is 2.48. The normalized spacial score (nSPS) is 17.2. The Bertz CT molecular complexity index is 472. The summed E-state index contributed by atoms with van der Waals surface area (Å²) in [6.07, 6.45) is 1.49. The minimum atomic E-state index is -0.549. The second-order valence-electron chi connectivity index (χ2n) is 5.27. The van der Waals surface area contributed by atoms with Crippen molar-refractivity contribution in [3.8, 4) is 5.75 Å². The molecule has 0 bridgehead atoms. The van der Waals surface area contributed by atoms with Gasteiger partial charge < -0.3 is 25.6 Å². The standard InChI is InChI=1S/C15H22N2O4/c16-12-2-1-3-13(10-12)21-7-4-14(19)17-15(11-18)5-8-20-9-6-15/h1-3,10,18H,4-9,11,16H2,(H,17,19). The van der Waals surface area contributed by atoms with Crippen molar-refractivity contribution in [3.63, 3.8) is 0 Å². The summed E-state index contributed by atoms with van der Waals surface area (Å²) in [6.45, 7) is 1.31. The first-order chi connectivity index (χ1) is 10.1. The zero-order valence-electron chi connectivity index (χ0n) is 12.0. The summed E-state index contributed by atoms with van der Waals surface area (Å²) in [7, 11) is 0. The van der Waals surface area contributed by atoms with Crippen LogP contribution in [0.1, 0.15) is 19.3 Å². The number of nitrogen functional groups attached to an aromatic ring is 1. The van der Waals surface area contributed by atoms with E-state index in [0.29, 0.717) is 37.5 Å². The molecule has 0 radical (unpaired) electrons. The minimum Gasteiger partial charge on any atom is -0.493 e. The first-order valence-electron chi connectivity index (χ1n) is 7.11. The van der Waals surface area contributed by atoms with Crippen LogP contribution in [0.3, 0.4) is 0 Å². The topological polar surface area (TPSA) is 93.8 Å². The van der Waals surface area contributed by atoms with E-state index in [9.17, 15) is 9.90 Å². The van der Waals surface area contributed by atoms with Gasteiger partial charge in [0, 0.05) is 25.0 Å². The van der Waals surface area contributed by atoms with Gasteiger partial charge in [-0.1, -0.05) is 6.07 Å². The summed E-state index contributed by atoms with van der Waals surface area (Å²) in [5.74, 6) is 0.514. The molecule has 6 heteroatoms. The van der Waals surface area contributed by atoms with Gasteiger partial charge in [0.1, 0.15) is 5.75 Å². The predicted molar refractivity (Wildman–Crippen MR) is 79.0 cm³/mol. The zero-order valence-corrected chi connectivity index (χ0v) is 12.0. The molecular formula is C15H22N2O4. The number of carbonyl (C=O) groups is 1. The van der Waals surface area contributed by atoms with Crippen molar-refractivity contribution in [1.82, 2.24) is 5.32 Å². The van der Waals surface area contributed by atoms with Crippen LogP contribution in [0.2, 0.25) is 0 Å². The molecule has 1 saturated heterocycles. The molecule has 0 aromatic heterocycles. The lowest BCUT2D eigenvalue weighted by atomic mass is 9.91. The number of nitrogens with two attached hydrogens (primary N) is 1. The summed E-state index contributed by atoms with van der Waals surface area (Å²) < 4.78 is 10.7. The fourth-order valence-electron chi connectivity index (χ4n) is 2.31. The molecular weight excluding hydrogens is 272 g/mol. The van der Waals surface area contributed by atoms with Gasteiger partial charge in [0.05, 0.1) is 25.2 Å². The lowest BCUT2D eigenvalue weighted by molar-refractivity contribution is -0.125. The van der Waals surface area contributed by atoms with E-state index in [1.54, 1.807) is 24.3 Å². The fourth-order valence-corrected chi connectivity index (χ4v) is 2.31. The van der Waals surface area contributed by atoms with Crippen molar-refractivity contribution in [2.24, 2.45) is 0 Å². The molecule has 0 unspecified atom stereocenters. The molecule has 1 amide bonds. The maximum atomic E-state index is 12.0. The number of nitrogens with one attached hydrogen (secondary N) is 1. The minimum absolute atomic E-state index is 0.0713. The van der Waals surface area contributed by atoms with Gasteiger partial charge in [-0.15, -0.1) is 0 Å². The average molecular weight is 294 g/mol. The monoisotopic (exact) mass is 294 g/mol. The molecule has 0 spiro atoms. The van der Waals surface area contributed by atoms with Crippen molar-refractivity contribution in [2.75, 3.05) is 32.2 Å². The number of anilines is 1. The van der Waals surface area contributed by atoms with Crippen LogP contribution in [0.25, 0.3) is 0 Å². The highest BCUT2D eigenvalue weighted by atomic mass is 16.5. The smallest absolute Gasteiger partial charge is 0.223 e. The maximum absolute atomic E-state index is 12.0. The number of carbonyl (C=O) groups excluding carboxylic acids is 1. The zero-order chi connectivity index (χ0) is 15.1. The van der Waals surface area contributed by atoms with Crippen molar-refractivity contribution >= 4 is 11.6 Å². The Hall–Kier alpha value is -1.79.